The van der Waals surface area contributed by atoms with Crippen LogP contribution in [0.3, 0.4) is 0 Å². The van der Waals surface area contributed by atoms with Crippen LogP contribution in [0.25, 0.3) is 10.9 Å². The molecule has 90 valence electrons. The van der Waals surface area contributed by atoms with Crippen molar-refractivity contribution in [1.82, 2.24) is 10.3 Å². The Labute approximate surface area is 99.0 Å². The molecule has 0 bridgehead atoms. The third kappa shape index (κ3) is 2.46. The van der Waals surface area contributed by atoms with E-state index in [1.54, 1.807) is 12.1 Å². The fraction of sp³-hybridized carbons (Fsp3) is 0.308. The second-order valence-corrected chi connectivity index (χ2v) is 4.10. The Hall–Kier alpha value is -1.84. The molecular weight excluding hydrogens is 219 g/mol. The summed E-state index contributed by atoms with van der Waals surface area (Å²) in [7, 11) is 0. The summed E-state index contributed by atoms with van der Waals surface area (Å²) in [5.41, 5.74) is 2.55. The van der Waals surface area contributed by atoms with Gasteiger partial charge in [-0.1, -0.05) is 6.92 Å². The van der Waals surface area contributed by atoms with Crippen molar-refractivity contribution < 1.29 is 9.18 Å². The minimum atomic E-state index is -0.218. The number of aromatic amines is 1. The second kappa shape index (κ2) is 4.57. The molecular formula is C13H15FN2O. The predicted molar refractivity (Wildman–Crippen MR) is 65.2 cm³/mol. The largest absolute Gasteiger partial charge is 0.357 e. The quantitative estimate of drug-likeness (QED) is 0.842. The van der Waals surface area contributed by atoms with Gasteiger partial charge in [0.1, 0.15) is 5.82 Å². The molecule has 0 fully saturated rings. The SMILES string of the molecule is CCc1cc(F)c2cc(CNC(C)=O)[nH]c2c1. The van der Waals surface area contributed by atoms with Crippen LogP contribution in [0, 0.1) is 5.82 Å². The molecule has 0 unspecified atom stereocenters. The number of fused-ring (bicyclic) bond motifs is 1. The van der Waals surface area contributed by atoms with E-state index in [9.17, 15) is 9.18 Å². The van der Waals surface area contributed by atoms with Crippen LogP contribution in [0.5, 0.6) is 0 Å². The number of hydrogen-bond acceptors (Lipinski definition) is 1. The van der Waals surface area contributed by atoms with Gasteiger partial charge in [-0.2, -0.15) is 0 Å². The maximum Gasteiger partial charge on any atom is 0.217 e. The van der Waals surface area contributed by atoms with E-state index in [-0.39, 0.29) is 11.7 Å². The lowest BCUT2D eigenvalue weighted by Gasteiger charge is -1.98. The van der Waals surface area contributed by atoms with Crippen LogP contribution in [-0.4, -0.2) is 10.9 Å². The molecule has 0 saturated heterocycles. The zero-order valence-electron chi connectivity index (χ0n) is 9.93. The van der Waals surface area contributed by atoms with E-state index in [0.29, 0.717) is 11.9 Å². The highest BCUT2D eigenvalue weighted by Crippen LogP contribution is 2.21. The number of hydrogen-bond donors (Lipinski definition) is 2. The standard InChI is InChI=1S/C13H15FN2O/c1-3-9-4-12(14)11-6-10(7-15-8(2)17)16-13(11)5-9/h4-6,16H,3,7H2,1-2H3,(H,15,17). The Kier molecular flexibility index (Phi) is 3.13. The monoisotopic (exact) mass is 234 g/mol. The van der Waals surface area contributed by atoms with Crippen molar-refractivity contribution in [2.45, 2.75) is 26.8 Å². The van der Waals surface area contributed by atoms with Crippen molar-refractivity contribution in [2.75, 3.05) is 0 Å². The summed E-state index contributed by atoms with van der Waals surface area (Å²) in [5.74, 6) is -0.317. The van der Waals surface area contributed by atoms with Gasteiger partial charge in [0.2, 0.25) is 5.91 Å². The van der Waals surface area contributed by atoms with Gasteiger partial charge in [0.15, 0.2) is 0 Å². The Morgan fingerprint density at radius 3 is 2.82 bits per heavy atom. The van der Waals surface area contributed by atoms with Gasteiger partial charge in [0, 0.05) is 23.5 Å². The maximum atomic E-state index is 13.7. The summed E-state index contributed by atoms with van der Waals surface area (Å²) < 4.78 is 13.7. The van der Waals surface area contributed by atoms with Crippen LogP contribution in [0.2, 0.25) is 0 Å². The Morgan fingerprint density at radius 2 is 2.18 bits per heavy atom. The number of nitrogens with one attached hydrogen (secondary N) is 2. The van der Waals surface area contributed by atoms with Gasteiger partial charge in [0.25, 0.3) is 0 Å². The minimum absolute atomic E-state index is 0.0987. The second-order valence-electron chi connectivity index (χ2n) is 4.10. The lowest BCUT2D eigenvalue weighted by atomic mass is 10.1. The molecule has 4 heteroatoms. The molecule has 0 radical (unpaired) electrons. The van der Waals surface area contributed by atoms with Crippen molar-refractivity contribution in [3.05, 3.63) is 35.3 Å². The Balaban J connectivity index is 2.36. The van der Waals surface area contributed by atoms with Gasteiger partial charge in [0.05, 0.1) is 6.54 Å². The highest BCUT2D eigenvalue weighted by atomic mass is 19.1. The molecule has 2 N–H and O–H groups in total. The number of amides is 1. The first kappa shape index (κ1) is 11.6. The molecule has 17 heavy (non-hydrogen) atoms. The molecule has 1 amide bonds. The Morgan fingerprint density at radius 1 is 1.41 bits per heavy atom. The summed E-state index contributed by atoms with van der Waals surface area (Å²) in [4.78, 5) is 13.9. The normalized spacial score (nSPS) is 10.8. The average Bonchev–Trinajstić information content (AvgIpc) is 2.69. The number of carbonyl (C=O) groups excluding carboxylic acids is 1. The van der Waals surface area contributed by atoms with E-state index >= 15 is 0 Å². The van der Waals surface area contributed by atoms with Crippen molar-refractivity contribution >= 4 is 16.8 Å². The lowest BCUT2D eigenvalue weighted by molar-refractivity contribution is -0.119. The summed E-state index contributed by atoms with van der Waals surface area (Å²) in [6.07, 6.45) is 0.799. The fourth-order valence-corrected chi connectivity index (χ4v) is 1.83. The summed E-state index contributed by atoms with van der Waals surface area (Å²) in [5, 5.41) is 3.25. The molecule has 0 aliphatic carbocycles. The van der Waals surface area contributed by atoms with Gasteiger partial charge in [-0.15, -0.1) is 0 Å². The van der Waals surface area contributed by atoms with Crippen molar-refractivity contribution in [3.63, 3.8) is 0 Å². The molecule has 1 aromatic carbocycles. The first-order valence-electron chi connectivity index (χ1n) is 5.64. The maximum absolute atomic E-state index is 13.7. The van der Waals surface area contributed by atoms with Gasteiger partial charge < -0.3 is 10.3 Å². The molecule has 2 aromatic rings. The zero-order chi connectivity index (χ0) is 12.4. The molecule has 0 atom stereocenters. The average molecular weight is 234 g/mol. The molecule has 1 heterocycles. The summed E-state index contributed by atoms with van der Waals surface area (Å²) in [6, 6.07) is 5.23. The van der Waals surface area contributed by atoms with Gasteiger partial charge in [-0.05, 0) is 30.2 Å². The van der Waals surface area contributed by atoms with Gasteiger partial charge >= 0.3 is 0 Å². The number of benzene rings is 1. The Bertz CT molecular complexity index is 560. The van der Waals surface area contributed by atoms with E-state index in [2.05, 4.69) is 10.3 Å². The molecule has 3 nitrogen and oxygen atoms in total. The van der Waals surface area contributed by atoms with E-state index < -0.39 is 0 Å². The molecule has 0 saturated carbocycles. The fourth-order valence-electron chi connectivity index (χ4n) is 1.83. The topological polar surface area (TPSA) is 44.9 Å². The van der Waals surface area contributed by atoms with E-state index in [1.807, 2.05) is 13.0 Å². The van der Waals surface area contributed by atoms with E-state index in [1.165, 1.54) is 6.92 Å². The molecule has 2 rings (SSSR count). The highest BCUT2D eigenvalue weighted by molar-refractivity contribution is 5.82. The number of aromatic nitrogens is 1. The van der Waals surface area contributed by atoms with Crippen molar-refractivity contribution in [2.24, 2.45) is 0 Å². The van der Waals surface area contributed by atoms with Crippen LogP contribution in [-0.2, 0) is 17.8 Å². The van der Waals surface area contributed by atoms with Crippen LogP contribution in [0.15, 0.2) is 18.2 Å². The first-order valence-corrected chi connectivity index (χ1v) is 5.64. The van der Waals surface area contributed by atoms with Crippen LogP contribution in [0.1, 0.15) is 25.1 Å². The minimum Gasteiger partial charge on any atom is -0.357 e. The number of halogens is 1. The van der Waals surface area contributed by atoms with Crippen molar-refractivity contribution in [1.29, 1.82) is 0 Å². The zero-order valence-corrected chi connectivity index (χ0v) is 9.93. The molecule has 0 spiro atoms. The van der Waals surface area contributed by atoms with Gasteiger partial charge in [-0.25, -0.2) is 4.39 Å². The van der Waals surface area contributed by atoms with Crippen LogP contribution in [0.4, 0.5) is 4.39 Å². The van der Waals surface area contributed by atoms with Crippen molar-refractivity contribution in [3.8, 4) is 0 Å². The number of aryl methyl sites for hydroxylation is 1. The van der Waals surface area contributed by atoms with E-state index in [4.69, 9.17) is 0 Å². The van der Waals surface area contributed by atoms with E-state index in [0.717, 1.165) is 23.2 Å². The lowest BCUT2D eigenvalue weighted by Crippen LogP contribution is -2.18. The first-order chi connectivity index (χ1) is 8.10. The summed E-state index contributed by atoms with van der Waals surface area (Å²) >= 11 is 0. The third-order valence-electron chi connectivity index (χ3n) is 2.74. The van der Waals surface area contributed by atoms with Gasteiger partial charge in [-0.3, -0.25) is 4.79 Å². The highest BCUT2D eigenvalue weighted by Gasteiger charge is 2.07. The smallest absolute Gasteiger partial charge is 0.217 e. The number of rotatable bonds is 3. The summed E-state index contributed by atoms with van der Waals surface area (Å²) in [6.45, 7) is 3.84. The van der Waals surface area contributed by atoms with Crippen LogP contribution >= 0.6 is 0 Å². The molecule has 0 aliphatic rings. The predicted octanol–water partition coefficient (Wildman–Crippen LogP) is 2.51. The number of carbonyl (C=O) groups is 1. The number of H-pyrrole nitrogens is 1. The van der Waals surface area contributed by atoms with Crippen LogP contribution < -0.4 is 5.32 Å². The third-order valence-corrected chi connectivity index (χ3v) is 2.74. The molecule has 0 aliphatic heterocycles. The molecule has 1 aromatic heterocycles.